The van der Waals surface area contributed by atoms with E-state index in [1.807, 2.05) is 31.4 Å². The van der Waals surface area contributed by atoms with E-state index in [9.17, 15) is 4.79 Å². The summed E-state index contributed by atoms with van der Waals surface area (Å²) in [4.78, 5) is 12.1. The second-order valence-electron chi connectivity index (χ2n) is 5.69. The highest BCUT2D eigenvalue weighted by Crippen LogP contribution is 2.17. The van der Waals surface area contributed by atoms with Gasteiger partial charge in [-0.15, -0.1) is 0 Å². The molecule has 0 saturated heterocycles. The molecule has 16 heavy (non-hydrogen) atoms. The molecule has 0 aliphatic rings. The summed E-state index contributed by atoms with van der Waals surface area (Å²) in [7, 11) is 0. The fraction of sp³-hybridized carbons (Fsp3) is 0.615. The highest BCUT2D eigenvalue weighted by molar-refractivity contribution is 5.36. The molecule has 3 heteroatoms. The van der Waals surface area contributed by atoms with E-state index in [1.54, 1.807) is 6.07 Å². The summed E-state index contributed by atoms with van der Waals surface area (Å²) in [6.07, 6.45) is 0.896. The third kappa shape index (κ3) is 2.65. The first-order chi connectivity index (χ1) is 7.23. The van der Waals surface area contributed by atoms with Crippen LogP contribution in [0.25, 0.3) is 0 Å². The van der Waals surface area contributed by atoms with Gasteiger partial charge >= 0.3 is 0 Å². The zero-order valence-electron chi connectivity index (χ0n) is 10.9. The maximum Gasteiger partial charge on any atom is 0.274 e. The molecular formula is C13H22N2O. The molecule has 0 saturated carbocycles. The van der Waals surface area contributed by atoms with Crippen molar-refractivity contribution in [1.29, 1.82) is 0 Å². The van der Waals surface area contributed by atoms with Crippen LogP contribution in [0.4, 0.5) is 5.69 Å². The van der Waals surface area contributed by atoms with Gasteiger partial charge in [-0.2, -0.15) is 0 Å². The lowest BCUT2D eigenvalue weighted by Gasteiger charge is -2.27. The van der Waals surface area contributed by atoms with Crippen molar-refractivity contribution in [2.75, 3.05) is 5.73 Å². The molecule has 0 aliphatic carbocycles. The van der Waals surface area contributed by atoms with Gasteiger partial charge in [-0.25, -0.2) is 0 Å². The van der Waals surface area contributed by atoms with E-state index in [0.717, 1.165) is 12.1 Å². The molecule has 1 aromatic rings. The van der Waals surface area contributed by atoms with Crippen molar-refractivity contribution in [2.45, 2.75) is 46.6 Å². The lowest BCUT2D eigenvalue weighted by Crippen LogP contribution is -2.37. The van der Waals surface area contributed by atoms with Gasteiger partial charge in [0, 0.05) is 11.2 Å². The topological polar surface area (TPSA) is 48.0 Å². The van der Waals surface area contributed by atoms with Gasteiger partial charge in [0.05, 0.1) is 5.69 Å². The van der Waals surface area contributed by atoms with E-state index in [-0.39, 0.29) is 11.1 Å². The molecule has 2 N–H and O–H groups in total. The Hall–Kier alpha value is -1.25. The molecule has 0 atom stereocenters. The monoisotopic (exact) mass is 222 g/mol. The number of pyridine rings is 1. The standard InChI is InChI=1S/C13H22N2O/c1-9(2)8-10-6-7-11(14)12(16)15(10)13(3,4)5/h6-7,9H,8,14H2,1-5H3. The molecule has 0 aromatic carbocycles. The SMILES string of the molecule is CC(C)Cc1ccc(N)c(=O)n1C(C)(C)C. The largest absolute Gasteiger partial charge is 0.394 e. The molecule has 0 unspecified atom stereocenters. The number of nitrogens with two attached hydrogens (primary N) is 1. The minimum atomic E-state index is -0.226. The first-order valence-electron chi connectivity index (χ1n) is 5.74. The van der Waals surface area contributed by atoms with Crippen LogP contribution in [-0.4, -0.2) is 4.57 Å². The van der Waals surface area contributed by atoms with Crippen LogP contribution in [0.2, 0.25) is 0 Å². The van der Waals surface area contributed by atoms with Gasteiger partial charge in [0.1, 0.15) is 0 Å². The van der Waals surface area contributed by atoms with Crippen LogP contribution in [0.5, 0.6) is 0 Å². The predicted molar refractivity (Wildman–Crippen MR) is 68.7 cm³/mol. The summed E-state index contributed by atoms with van der Waals surface area (Å²) in [6.45, 7) is 10.4. The molecule has 0 amide bonds. The summed E-state index contributed by atoms with van der Waals surface area (Å²) in [5, 5.41) is 0. The molecule has 3 nitrogen and oxygen atoms in total. The Balaban J connectivity index is 3.40. The van der Waals surface area contributed by atoms with Crippen molar-refractivity contribution in [3.63, 3.8) is 0 Å². The third-order valence-corrected chi connectivity index (χ3v) is 2.48. The maximum absolute atomic E-state index is 12.1. The quantitative estimate of drug-likeness (QED) is 0.835. The Morgan fingerprint density at radius 2 is 1.88 bits per heavy atom. The molecule has 90 valence electrons. The van der Waals surface area contributed by atoms with Crippen molar-refractivity contribution >= 4 is 5.69 Å². The van der Waals surface area contributed by atoms with E-state index in [0.29, 0.717) is 11.6 Å². The van der Waals surface area contributed by atoms with Gasteiger partial charge < -0.3 is 10.3 Å². The average Bonchev–Trinajstić information content (AvgIpc) is 2.08. The molecule has 0 spiro atoms. The van der Waals surface area contributed by atoms with Crippen molar-refractivity contribution < 1.29 is 0 Å². The van der Waals surface area contributed by atoms with Crippen LogP contribution in [0, 0.1) is 5.92 Å². The van der Waals surface area contributed by atoms with Crippen LogP contribution >= 0.6 is 0 Å². The highest BCUT2D eigenvalue weighted by Gasteiger charge is 2.19. The molecule has 1 rings (SSSR count). The lowest BCUT2D eigenvalue weighted by atomic mass is 10.0. The first kappa shape index (κ1) is 12.8. The third-order valence-electron chi connectivity index (χ3n) is 2.48. The summed E-state index contributed by atoms with van der Waals surface area (Å²) >= 11 is 0. The number of nitrogen functional groups attached to an aromatic ring is 1. The van der Waals surface area contributed by atoms with Crippen molar-refractivity contribution in [3.05, 3.63) is 28.2 Å². The van der Waals surface area contributed by atoms with E-state index in [2.05, 4.69) is 13.8 Å². The molecule has 1 heterocycles. The van der Waals surface area contributed by atoms with Gasteiger partial charge in [-0.05, 0) is 45.2 Å². The summed E-state index contributed by atoms with van der Waals surface area (Å²) in [6, 6.07) is 3.67. The summed E-state index contributed by atoms with van der Waals surface area (Å²) in [5.74, 6) is 0.525. The number of hydrogen-bond donors (Lipinski definition) is 1. The zero-order valence-corrected chi connectivity index (χ0v) is 10.9. The van der Waals surface area contributed by atoms with E-state index in [1.165, 1.54) is 0 Å². The lowest BCUT2D eigenvalue weighted by molar-refractivity contribution is 0.365. The summed E-state index contributed by atoms with van der Waals surface area (Å²) in [5.41, 5.74) is 6.76. The smallest absolute Gasteiger partial charge is 0.274 e. The van der Waals surface area contributed by atoms with Crippen LogP contribution < -0.4 is 11.3 Å². The number of hydrogen-bond acceptors (Lipinski definition) is 2. The van der Waals surface area contributed by atoms with Gasteiger partial charge in [-0.3, -0.25) is 4.79 Å². The average molecular weight is 222 g/mol. The minimum Gasteiger partial charge on any atom is -0.394 e. The predicted octanol–water partition coefficient (Wildman–Crippen LogP) is 2.38. The molecule has 0 aliphatic heterocycles. The number of nitrogens with zero attached hydrogens (tertiary/aromatic N) is 1. The van der Waals surface area contributed by atoms with Crippen LogP contribution in [0.3, 0.4) is 0 Å². The van der Waals surface area contributed by atoms with Crippen molar-refractivity contribution in [3.8, 4) is 0 Å². The van der Waals surface area contributed by atoms with E-state index < -0.39 is 0 Å². The van der Waals surface area contributed by atoms with Crippen LogP contribution in [-0.2, 0) is 12.0 Å². The number of aromatic nitrogens is 1. The van der Waals surface area contributed by atoms with Crippen molar-refractivity contribution in [2.24, 2.45) is 5.92 Å². The number of anilines is 1. The minimum absolute atomic E-state index is 0.0781. The normalized spacial score (nSPS) is 12.1. The molecule has 0 fully saturated rings. The molecular weight excluding hydrogens is 200 g/mol. The van der Waals surface area contributed by atoms with Crippen LogP contribution in [0.1, 0.15) is 40.3 Å². The highest BCUT2D eigenvalue weighted by atomic mass is 16.1. The Bertz CT molecular complexity index is 425. The molecule has 0 radical (unpaired) electrons. The Morgan fingerprint density at radius 3 is 2.31 bits per heavy atom. The molecule has 1 aromatic heterocycles. The fourth-order valence-electron chi connectivity index (χ4n) is 1.90. The zero-order chi connectivity index (χ0) is 12.5. The summed E-state index contributed by atoms with van der Waals surface area (Å²) < 4.78 is 1.81. The van der Waals surface area contributed by atoms with E-state index in [4.69, 9.17) is 5.73 Å². The van der Waals surface area contributed by atoms with Gasteiger partial charge in [0.25, 0.3) is 5.56 Å². The maximum atomic E-state index is 12.1. The van der Waals surface area contributed by atoms with Crippen LogP contribution in [0.15, 0.2) is 16.9 Å². The van der Waals surface area contributed by atoms with Crippen molar-refractivity contribution in [1.82, 2.24) is 4.57 Å². The fourth-order valence-corrected chi connectivity index (χ4v) is 1.90. The number of rotatable bonds is 2. The second-order valence-corrected chi connectivity index (χ2v) is 5.69. The van der Waals surface area contributed by atoms with Gasteiger partial charge in [0.15, 0.2) is 0 Å². The second kappa shape index (κ2) is 4.32. The van der Waals surface area contributed by atoms with E-state index >= 15 is 0 Å². The first-order valence-corrected chi connectivity index (χ1v) is 5.74. The van der Waals surface area contributed by atoms with Gasteiger partial charge in [0.2, 0.25) is 0 Å². The van der Waals surface area contributed by atoms with Gasteiger partial charge in [-0.1, -0.05) is 13.8 Å². The Kier molecular flexibility index (Phi) is 3.46. The Morgan fingerprint density at radius 1 is 1.31 bits per heavy atom. The molecule has 0 bridgehead atoms. The Labute approximate surface area is 97.3 Å².